The van der Waals surface area contributed by atoms with Crippen molar-refractivity contribution in [3.8, 4) is 17.2 Å². The summed E-state index contributed by atoms with van der Waals surface area (Å²) in [5.74, 6) is 1.29. The molecule has 0 atom stereocenters. The number of hydrogen-bond acceptors (Lipinski definition) is 5. The van der Waals surface area contributed by atoms with Crippen LogP contribution in [0.2, 0.25) is 0 Å². The summed E-state index contributed by atoms with van der Waals surface area (Å²) in [4.78, 5) is 14.4. The van der Waals surface area contributed by atoms with Gasteiger partial charge in [0.15, 0.2) is 0 Å². The third-order valence-corrected chi connectivity index (χ3v) is 4.92. The number of ether oxygens (including phenoxy) is 2. The van der Waals surface area contributed by atoms with Crippen molar-refractivity contribution in [1.82, 2.24) is 15.0 Å². The molecule has 1 N–H and O–H groups in total. The van der Waals surface area contributed by atoms with Crippen LogP contribution in [0.4, 0.5) is 5.69 Å². The maximum Gasteiger partial charge on any atom is 0.255 e. The van der Waals surface area contributed by atoms with Crippen LogP contribution in [0.5, 0.6) is 11.5 Å². The number of anilines is 1. The molecule has 7 heteroatoms. The second-order valence-electron chi connectivity index (χ2n) is 7.40. The van der Waals surface area contributed by atoms with Gasteiger partial charge in [0.25, 0.3) is 5.91 Å². The van der Waals surface area contributed by atoms with E-state index in [0.717, 1.165) is 28.9 Å². The Balaban J connectivity index is 1.56. The minimum atomic E-state index is -0.201. The number of aryl methyl sites for hydroxylation is 1. The topological polar surface area (TPSA) is 78.3 Å². The van der Waals surface area contributed by atoms with Crippen molar-refractivity contribution in [3.63, 3.8) is 0 Å². The van der Waals surface area contributed by atoms with Gasteiger partial charge in [0.05, 0.1) is 18.9 Å². The maximum atomic E-state index is 12.8. The molecule has 0 unspecified atom stereocenters. The molecule has 0 aliphatic carbocycles. The fraction of sp³-hybridized carbons (Fsp3) is 0.240. The zero-order valence-electron chi connectivity index (χ0n) is 18.5. The van der Waals surface area contributed by atoms with E-state index in [4.69, 9.17) is 9.47 Å². The Kier molecular flexibility index (Phi) is 6.35. The normalized spacial score (nSPS) is 10.8. The van der Waals surface area contributed by atoms with Crippen LogP contribution in [0.1, 0.15) is 36.2 Å². The third-order valence-electron chi connectivity index (χ3n) is 4.92. The zero-order valence-corrected chi connectivity index (χ0v) is 18.5. The van der Waals surface area contributed by atoms with Crippen LogP contribution in [-0.4, -0.2) is 34.1 Å². The Hall–Kier alpha value is -3.87. The molecular weight excluding hydrogens is 404 g/mol. The van der Waals surface area contributed by atoms with E-state index in [0.29, 0.717) is 35.7 Å². The van der Waals surface area contributed by atoms with E-state index in [1.54, 1.807) is 16.9 Å². The van der Waals surface area contributed by atoms with E-state index >= 15 is 0 Å². The summed E-state index contributed by atoms with van der Waals surface area (Å²) >= 11 is 0. The Bertz CT molecular complexity index is 1230. The predicted molar refractivity (Wildman–Crippen MR) is 125 cm³/mol. The minimum absolute atomic E-state index is 0.201. The molecule has 0 aliphatic heterocycles. The molecule has 1 amide bonds. The summed E-state index contributed by atoms with van der Waals surface area (Å²) in [5, 5.41) is 12.1. The first-order chi connectivity index (χ1) is 15.6. The highest BCUT2D eigenvalue weighted by Crippen LogP contribution is 2.24. The number of carbonyl (C=O) groups excluding carboxylic acids is 1. The Morgan fingerprint density at radius 3 is 2.41 bits per heavy atom. The first-order valence-electron chi connectivity index (χ1n) is 10.7. The molecule has 0 saturated carbocycles. The van der Waals surface area contributed by atoms with Crippen LogP contribution in [0.15, 0.2) is 60.7 Å². The third kappa shape index (κ3) is 4.72. The average Bonchev–Trinajstić information content (AvgIpc) is 3.21. The van der Waals surface area contributed by atoms with Crippen molar-refractivity contribution in [1.29, 1.82) is 0 Å². The Morgan fingerprint density at radius 1 is 0.938 bits per heavy atom. The lowest BCUT2D eigenvalue weighted by Crippen LogP contribution is -2.13. The van der Waals surface area contributed by atoms with Crippen molar-refractivity contribution in [3.05, 3.63) is 71.8 Å². The highest BCUT2D eigenvalue weighted by Gasteiger charge is 2.13. The van der Waals surface area contributed by atoms with Gasteiger partial charge in [-0.05, 0) is 80.4 Å². The van der Waals surface area contributed by atoms with Crippen LogP contribution in [0.25, 0.3) is 16.7 Å². The molecule has 0 spiro atoms. The van der Waals surface area contributed by atoms with Gasteiger partial charge in [-0.2, -0.15) is 4.80 Å². The number of benzene rings is 3. The molecule has 32 heavy (non-hydrogen) atoms. The number of amides is 1. The van der Waals surface area contributed by atoms with E-state index in [1.807, 2.05) is 69.3 Å². The molecule has 3 aromatic carbocycles. The summed E-state index contributed by atoms with van der Waals surface area (Å²) in [6.45, 7) is 7.16. The van der Waals surface area contributed by atoms with Gasteiger partial charge in [0, 0.05) is 11.3 Å². The van der Waals surface area contributed by atoms with Crippen LogP contribution in [0.3, 0.4) is 0 Å². The summed E-state index contributed by atoms with van der Waals surface area (Å²) in [5.41, 5.74) is 4.42. The monoisotopic (exact) mass is 430 g/mol. The van der Waals surface area contributed by atoms with E-state index in [9.17, 15) is 4.79 Å². The van der Waals surface area contributed by atoms with Crippen LogP contribution < -0.4 is 14.8 Å². The molecule has 7 nitrogen and oxygen atoms in total. The quantitative estimate of drug-likeness (QED) is 0.417. The Morgan fingerprint density at radius 2 is 1.69 bits per heavy atom. The standard InChI is InChI=1S/C25H26N4O3/c1-4-13-32-21-8-6-7-18(15-21)25(30)26-22-16-24-23(14-17(22)3)27-29(28-24)19-9-11-20(12-10-19)31-5-2/h6-12,14-16H,4-5,13H2,1-3H3,(H,26,30). The average molecular weight is 431 g/mol. The Labute approximate surface area is 187 Å². The summed E-state index contributed by atoms with van der Waals surface area (Å²) in [6.07, 6.45) is 0.910. The van der Waals surface area contributed by atoms with Gasteiger partial charge < -0.3 is 14.8 Å². The number of aromatic nitrogens is 3. The molecule has 164 valence electrons. The van der Waals surface area contributed by atoms with E-state index in [1.165, 1.54) is 0 Å². The second kappa shape index (κ2) is 9.51. The molecular formula is C25H26N4O3. The lowest BCUT2D eigenvalue weighted by molar-refractivity contribution is 0.102. The number of fused-ring (bicyclic) bond motifs is 1. The van der Waals surface area contributed by atoms with E-state index in [-0.39, 0.29) is 5.91 Å². The fourth-order valence-electron chi connectivity index (χ4n) is 3.30. The molecule has 0 fully saturated rings. The van der Waals surface area contributed by atoms with Crippen LogP contribution in [-0.2, 0) is 0 Å². The van der Waals surface area contributed by atoms with E-state index in [2.05, 4.69) is 15.5 Å². The molecule has 1 heterocycles. The first kappa shape index (κ1) is 21.4. The molecule has 4 aromatic rings. The van der Waals surface area contributed by atoms with Crippen molar-refractivity contribution in [2.75, 3.05) is 18.5 Å². The first-order valence-corrected chi connectivity index (χ1v) is 10.7. The van der Waals surface area contributed by atoms with Gasteiger partial charge in [-0.15, -0.1) is 10.2 Å². The second-order valence-corrected chi connectivity index (χ2v) is 7.40. The molecule has 1 aromatic heterocycles. The van der Waals surface area contributed by atoms with Crippen molar-refractivity contribution in [2.24, 2.45) is 0 Å². The predicted octanol–water partition coefficient (Wildman–Crippen LogP) is 5.17. The lowest BCUT2D eigenvalue weighted by atomic mass is 10.1. The number of carbonyl (C=O) groups is 1. The number of rotatable bonds is 8. The summed E-state index contributed by atoms with van der Waals surface area (Å²) in [6, 6.07) is 18.6. The van der Waals surface area contributed by atoms with Crippen LogP contribution in [0, 0.1) is 6.92 Å². The zero-order chi connectivity index (χ0) is 22.5. The summed E-state index contributed by atoms with van der Waals surface area (Å²) < 4.78 is 11.1. The lowest BCUT2D eigenvalue weighted by Gasteiger charge is -2.10. The van der Waals surface area contributed by atoms with Crippen molar-refractivity contribution >= 4 is 22.6 Å². The molecule has 4 rings (SSSR count). The van der Waals surface area contributed by atoms with Crippen molar-refractivity contribution < 1.29 is 14.3 Å². The highest BCUT2D eigenvalue weighted by molar-refractivity contribution is 6.05. The van der Waals surface area contributed by atoms with Gasteiger partial charge >= 0.3 is 0 Å². The minimum Gasteiger partial charge on any atom is -0.494 e. The SMILES string of the molecule is CCCOc1cccc(C(=O)Nc2cc3nn(-c4ccc(OCC)cc4)nc3cc2C)c1. The maximum absolute atomic E-state index is 12.8. The van der Waals surface area contributed by atoms with Gasteiger partial charge in [0.2, 0.25) is 0 Å². The van der Waals surface area contributed by atoms with Crippen molar-refractivity contribution in [2.45, 2.75) is 27.2 Å². The fourth-order valence-corrected chi connectivity index (χ4v) is 3.30. The molecule has 0 aliphatic rings. The molecule has 0 saturated heterocycles. The molecule has 0 bridgehead atoms. The number of nitrogens with zero attached hydrogens (tertiary/aromatic N) is 3. The smallest absolute Gasteiger partial charge is 0.255 e. The number of hydrogen-bond donors (Lipinski definition) is 1. The van der Waals surface area contributed by atoms with Crippen LogP contribution >= 0.6 is 0 Å². The number of nitrogens with one attached hydrogen (secondary N) is 1. The summed E-state index contributed by atoms with van der Waals surface area (Å²) in [7, 11) is 0. The highest BCUT2D eigenvalue weighted by atomic mass is 16.5. The van der Waals surface area contributed by atoms with Gasteiger partial charge in [-0.3, -0.25) is 4.79 Å². The largest absolute Gasteiger partial charge is 0.494 e. The molecule has 0 radical (unpaired) electrons. The van der Waals surface area contributed by atoms with Gasteiger partial charge in [0.1, 0.15) is 22.5 Å². The van der Waals surface area contributed by atoms with Gasteiger partial charge in [-0.25, -0.2) is 0 Å². The van der Waals surface area contributed by atoms with Gasteiger partial charge in [-0.1, -0.05) is 13.0 Å². The van der Waals surface area contributed by atoms with E-state index < -0.39 is 0 Å².